The lowest BCUT2D eigenvalue weighted by Crippen LogP contribution is -2.34. The first-order chi connectivity index (χ1) is 11.5. The molecule has 0 unspecified atom stereocenters. The van der Waals surface area contributed by atoms with Gasteiger partial charge in [0.05, 0.1) is 16.8 Å². The summed E-state index contributed by atoms with van der Waals surface area (Å²) in [6, 6.07) is 4.99. The second kappa shape index (κ2) is 7.00. The van der Waals surface area contributed by atoms with Crippen LogP contribution in [0.5, 0.6) is 0 Å². The Kier molecular flexibility index (Phi) is 4.80. The fraction of sp³-hybridized carbons (Fsp3) is 0.353. The van der Waals surface area contributed by atoms with Crippen molar-refractivity contribution >= 4 is 34.7 Å². The predicted octanol–water partition coefficient (Wildman–Crippen LogP) is 3.33. The molecule has 1 aliphatic rings. The minimum absolute atomic E-state index is 0.119. The normalized spacial score (nSPS) is 15.3. The van der Waals surface area contributed by atoms with Crippen molar-refractivity contribution in [3.63, 3.8) is 0 Å². The van der Waals surface area contributed by atoms with E-state index in [1.54, 1.807) is 12.1 Å². The Hall–Kier alpha value is -2.41. The smallest absolute Gasteiger partial charge is 0.339 e. The van der Waals surface area contributed by atoms with Gasteiger partial charge in [-0.3, -0.25) is 4.79 Å². The maximum atomic E-state index is 12.1. The van der Waals surface area contributed by atoms with Crippen LogP contribution >= 0.6 is 11.3 Å². The summed E-state index contributed by atoms with van der Waals surface area (Å²) in [7, 11) is 0. The van der Waals surface area contributed by atoms with Gasteiger partial charge in [-0.05, 0) is 36.3 Å². The Balaban J connectivity index is 1.82. The highest BCUT2D eigenvalue weighted by Crippen LogP contribution is 2.26. The Labute approximate surface area is 144 Å². The lowest BCUT2D eigenvalue weighted by Gasteiger charge is -2.32. The average Bonchev–Trinajstić information content (AvgIpc) is 3.10. The second-order valence-corrected chi connectivity index (χ2v) is 6.95. The van der Waals surface area contributed by atoms with Crippen molar-refractivity contribution in [2.45, 2.75) is 19.8 Å². The maximum Gasteiger partial charge on any atom is 0.339 e. The third kappa shape index (κ3) is 3.56. The fourth-order valence-corrected chi connectivity index (χ4v) is 3.38. The Bertz CT molecular complexity index is 738. The molecule has 0 aromatic carbocycles. The van der Waals surface area contributed by atoms with Gasteiger partial charge in [0.25, 0.3) is 5.91 Å². The van der Waals surface area contributed by atoms with Crippen LogP contribution in [-0.2, 0) is 0 Å². The van der Waals surface area contributed by atoms with Gasteiger partial charge in [0.15, 0.2) is 0 Å². The second-order valence-electron chi connectivity index (χ2n) is 6.00. The third-order valence-electron chi connectivity index (χ3n) is 4.18. The van der Waals surface area contributed by atoms with Gasteiger partial charge >= 0.3 is 5.97 Å². The molecule has 0 atom stereocenters. The van der Waals surface area contributed by atoms with Gasteiger partial charge < -0.3 is 15.3 Å². The number of amides is 1. The maximum absolute atomic E-state index is 12.1. The van der Waals surface area contributed by atoms with Gasteiger partial charge in [-0.1, -0.05) is 13.0 Å². The Morgan fingerprint density at radius 1 is 1.38 bits per heavy atom. The zero-order valence-corrected chi connectivity index (χ0v) is 14.2. The van der Waals surface area contributed by atoms with Crippen LogP contribution in [0.1, 0.15) is 39.8 Å². The third-order valence-corrected chi connectivity index (χ3v) is 5.05. The molecule has 0 radical (unpaired) electrons. The van der Waals surface area contributed by atoms with E-state index in [4.69, 9.17) is 0 Å². The molecule has 2 N–H and O–H groups in total. The van der Waals surface area contributed by atoms with Crippen LogP contribution in [0.4, 0.5) is 11.5 Å². The molecule has 1 fully saturated rings. The van der Waals surface area contributed by atoms with Crippen molar-refractivity contribution in [2.24, 2.45) is 5.92 Å². The first-order valence-electron chi connectivity index (χ1n) is 7.87. The number of rotatable bonds is 4. The molecule has 3 rings (SSSR count). The predicted molar refractivity (Wildman–Crippen MR) is 94.1 cm³/mol. The molecule has 3 heterocycles. The molecule has 2 aromatic heterocycles. The molecule has 0 aliphatic carbocycles. The average molecular weight is 345 g/mol. The van der Waals surface area contributed by atoms with Crippen LogP contribution in [0, 0.1) is 5.92 Å². The van der Waals surface area contributed by atoms with Gasteiger partial charge in [-0.25, -0.2) is 9.78 Å². The van der Waals surface area contributed by atoms with Crippen LogP contribution in [0.3, 0.4) is 0 Å². The molecule has 1 aliphatic heterocycles. The molecule has 7 heteroatoms. The summed E-state index contributed by atoms with van der Waals surface area (Å²) in [4.78, 5) is 30.6. The molecule has 1 saturated heterocycles. The molecular formula is C17H19N3O3S. The number of nitrogens with zero attached hydrogens (tertiary/aromatic N) is 2. The van der Waals surface area contributed by atoms with Crippen LogP contribution in [0.25, 0.3) is 0 Å². The van der Waals surface area contributed by atoms with E-state index >= 15 is 0 Å². The highest BCUT2D eigenvalue weighted by atomic mass is 32.1. The largest absolute Gasteiger partial charge is 0.478 e. The van der Waals surface area contributed by atoms with E-state index in [2.05, 4.69) is 17.2 Å². The van der Waals surface area contributed by atoms with Crippen molar-refractivity contribution in [3.05, 3.63) is 40.2 Å². The van der Waals surface area contributed by atoms with Crippen molar-refractivity contribution in [2.75, 3.05) is 23.3 Å². The fourth-order valence-electron chi connectivity index (χ4n) is 2.76. The first kappa shape index (κ1) is 16.4. The number of hydrogen-bond acceptors (Lipinski definition) is 5. The van der Waals surface area contributed by atoms with E-state index in [-0.39, 0.29) is 11.5 Å². The minimum Gasteiger partial charge on any atom is -0.478 e. The number of aromatic nitrogens is 1. The molecule has 1 amide bonds. The van der Waals surface area contributed by atoms with E-state index in [9.17, 15) is 14.7 Å². The van der Waals surface area contributed by atoms with E-state index in [1.807, 2.05) is 10.3 Å². The zero-order valence-electron chi connectivity index (χ0n) is 13.4. The molecule has 6 nitrogen and oxygen atoms in total. The van der Waals surface area contributed by atoms with E-state index in [1.165, 1.54) is 23.6 Å². The summed E-state index contributed by atoms with van der Waals surface area (Å²) in [6.45, 7) is 3.80. The number of carboxylic acid groups (broad SMARTS) is 1. The summed E-state index contributed by atoms with van der Waals surface area (Å²) in [5.74, 6) is -0.173. The number of aromatic carboxylic acids is 1. The highest BCUT2D eigenvalue weighted by Gasteiger charge is 2.23. The Morgan fingerprint density at radius 3 is 2.75 bits per heavy atom. The standard InChI is InChI=1S/C17H19N3O3S/c1-11-4-6-20(7-5-11)15-13(17(22)23)9-12(10-18-15)19-16(21)14-3-2-8-24-14/h2-3,8-11H,4-7H2,1H3,(H,19,21)(H,22,23). The van der Waals surface area contributed by atoms with Crippen LogP contribution < -0.4 is 10.2 Å². The van der Waals surface area contributed by atoms with Gasteiger partial charge in [-0.15, -0.1) is 11.3 Å². The lowest BCUT2D eigenvalue weighted by molar-refractivity contribution is 0.0696. The van der Waals surface area contributed by atoms with Gasteiger partial charge in [0.1, 0.15) is 11.4 Å². The molecule has 0 spiro atoms. The van der Waals surface area contributed by atoms with Gasteiger partial charge in [-0.2, -0.15) is 0 Å². The number of hydrogen-bond donors (Lipinski definition) is 2. The highest BCUT2D eigenvalue weighted by molar-refractivity contribution is 7.12. The molecule has 0 bridgehead atoms. The van der Waals surface area contributed by atoms with E-state index < -0.39 is 5.97 Å². The quantitative estimate of drug-likeness (QED) is 0.888. The zero-order chi connectivity index (χ0) is 17.1. The van der Waals surface area contributed by atoms with Crippen LogP contribution in [0.2, 0.25) is 0 Å². The van der Waals surface area contributed by atoms with Crippen LogP contribution in [-0.4, -0.2) is 35.1 Å². The van der Waals surface area contributed by atoms with Gasteiger partial charge in [0.2, 0.25) is 0 Å². The number of piperidine rings is 1. The summed E-state index contributed by atoms with van der Waals surface area (Å²) in [5.41, 5.74) is 0.508. The lowest BCUT2D eigenvalue weighted by atomic mass is 9.99. The summed E-state index contributed by atoms with van der Waals surface area (Å²) >= 11 is 1.33. The number of carbonyl (C=O) groups is 2. The first-order valence-corrected chi connectivity index (χ1v) is 8.75. The van der Waals surface area contributed by atoms with Crippen molar-refractivity contribution in [1.29, 1.82) is 0 Å². The van der Waals surface area contributed by atoms with Crippen molar-refractivity contribution in [1.82, 2.24) is 4.98 Å². The van der Waals surface area contributed by atoms with Crippen molar-refractivity contribution in [3.8, 4) is 0 Å². The summed E-state index contributed by atoms with van der Waals surface area (Å²) < 4.78 is 0. The Morgan fingerprint density at radius 2 is 2.12 bits per heavy atom. The number of carbonyl (C=O) groups excluding carboxylic acids is 1. The van der Waals surface area contributed by atoms with Crippen molar-refractivity contribution < 1.29 is 14.7 Å². The number of pyridine rings is 1. The van der Waals surface area contributed by atoms with E-state index in [0.29, 0.717) is 22.3 Å². The summed E-state index contributed by atoms with van der Waals surface area (Å²) in [6.07, 6.45) is 3.57. The minimum atomic E-state index is -1.04. The number of nitrogens with one attached hydrogen (secondary N) is 1. The van der Waals surface area contributed by atoms with Crippen LogP contribution in [0.15, 0.2) is 29.8 Å². The molecular weight excluding hydrogens is 326 g/mol. The molecule has 24 heavy (non-hydrogen) atoms. The molecule has 0 saturated carbocycles. The number of thiophene rings is 1. The SMILES string of the molecule is CC1CCN(c2ncc(NC(=O)c3cccs3)cc2C(=O)O)CC1. The summed E-state index contributed by atoms with van der Waals surface area (Å²) in [5, 5.41) is 14.0. The molecule has 126 valence electrons. The number of carboxylic acids is 1. The monoisotopic (exact) mass is 345 g/mol. The topological polar surface area (TPSA) is 82.5 Å². The molecule has 2 aromatic rings. The van der Waals surface area contributed by atoms with E-state index in [0.717, 1.165) is 25.9 Å². The van der Waals surface area contributed by atoms with Gasteiger partial charge in [0, 0.05) is 13.1 Å². The number of anilines is 2.